The summed E-state index contributed by atoms with van der Waals surface area (Å²) in [4.78, 5) is 7.30. The van der Waals surface area contributed by atoms with Gasteiger partial charge in [0.25, 0.3) is 0 Å². The Hall–Kier alpha value is -0.910. The van der Waals surface area contributed by atoms with Gasteiger partial charge in [-0.15, -0.1) is 11.3 Å². The predicted octanol–water partition coefficient (Wildman–Crippen LogP) is 2.02. The smallest absolute Gasteiger partial charge is 0.204 e. The lowest BCUT2D eigenvalue weighted by Gasteiger charge is -2.32. The molecule has 3 rings (SSSR count). The van der Waals surface area contributed by atoms with Gasteiger partial charge in [0.2, 0.25) is 6.29 Å². The van der Waals surface area contributed by atoms with Crippen molar-refractivity contribution in [2.75, 3.05) is 0 Å². The van der Waals surface area contributed by atoms with E-state index in [9.17, 15) is 0 Å². The Labute approximate surface area is 78.5 Å². The molecule has 0 amide bonds. The molecule has 0 unspecified atom stereocenters. The molecule has 5 heteroatoms. The molecular weight excluding hydrogens is 188 g/mol. The van der Waals surface area contributed by atoms with Crippen LogP contribution in [0.1, 0.15) is 18.9 Å². The van der Waals surface area contributed by atoms with E-state index < -0.39 is 0 Å². The summed E-state index contributed by atoms with van der Waals surface area (Å²) in [7, 11) is 0. The number of rotatable bonds is 1. The summed E-state index contributed by atoms with van der Waals surface area (Å²) in [5.41, 5.74) is 3.68. The average molecular weight is 196 g/mol. The normalized spacial score (nSPS) is 27.8. The second-order valence-electron chi connectivity index (χ2n) is 2.96. The minimum absolute atomic E-state index is 0.0840. The fraction of sp³-hybridized carbons (Fsp3) is 0.375. The van der Waals surface area contributed by atoms with Crippen LogP contribution in [0.3, 0.4) is 0 Å². The summed E-state index contributed by atoms with van der Waals surface area (Å²) in [6, 6.07) is 2.02. The first-order valence-corrected chi connectivity index (χ1v) is 4.94. The number of hydrogen-bond donors (Lipinski definition) is 1. The van der Waals surface area contributed by atoms with E-state index in [1.165, 1.54) is 0 Å². The topological polar surface area (TPSA) is 47.1 Å². The second kappa shape index (κ2) is 2.54. The lowest BCUT2D eigenvalue weighted by Crippen LogP contribution is -2.31. The fourth-order valence-electron chi connectivity index (χ4n) is 1.40. The molecule has 4 nitrogen and oxygen atoms in total. The summed E-state index contributed by atoms with van der Waals surface area (Å²) < 4.78 is 11.8. The van der Waals surface area contributed by atoms with Gasteiger partial charge >= 0.3 is 0 Å². The van der Waals surface area contributed by atoms with E-state index in [0.29, 0.717) is 0 Å². The van der Waals surface area contributed by atoms with Crippen molar-refractivity contribution in [3.8, 4) is 0 Å². The van der Waals surface area contributed by atoms with E-state index in [1.54, 1.807) is 11.3 Å². The molecule has 0 aromatic carbocycles. The maximum atomic E-state index is 5.35. The third-order valence-corrected chi connectivity index (χ3v) is 2.80. The fourth-order valence-corrected chi connectivity index (χ4v) is 2.08. The summed E-state index contributed by atoms with van der Waals surface area (Å²) >= 11 is 1.61. The molecule has 1 N–H and O–H groups in total. The highest BCUT2D eigenvalue weighted by atomic mass is 32.1. The molecule has 0 saturated carbocycles. The number of aromatic nitrogens is 2. The van der Waals surface area contributed by atoms with Crippen molar-refractivity contribution in [1.82, 2.24) is 9.97 Å². The first-order chi connectivity index (χ1) is 6.33. The lowest BCUT2D eigenvalue weighted by molar-refractivity contribution is -0.383. The molecule has 2 aromatic rings. The highest BCUT2D eigenvalue weighted by Crippen LogP contribution is 2.33. The molecule has 1 fully saturated rings. The van der Waals surface area contributed by atoms with Crippen LogP contribution in [0.5, 0.6) is 0 Å². The number of nitrogens with zero attached hydrogens (tertiary/aromatic N) is 1. The molecule has 0 bridgehead atoms. The van der Waals surface area contributed by atoms with Crippen LogP contribution in [-0.2, 0) is 9.47 Å². The Morgan fingerprint density at radius 3 is 3.08 bits per heavy atom. The number of aromatic amines is 1. The van der Waals surface area contributed by atoms with Crippen molar-refractivity contribution in [1.29, 1.82) is 0 Å². The highest BCUT2D eigenvalue weighted by molar-refractivity contribution is 7.16. The monoisotopic (exact) mass is 196 g/mol. The zero-order chi connectivity index (χ0) is 8.84. The molecule has 1 saturated heterocycles. The maximum Gasteiger partial charge on any atom is 0.204 e. The predicted molar refractivity (Wildman–Crippen MR) is 48.3 cm³/mol. The first-order valence-electron chi connectivity index (χ1n) is 4.06. The number of thiazole rings is 1. The zero-order valence-corrected chi connectivity index (χ0v) is 7.80. The van der Waals surface area contributed by atoms with Crippen LogP contribution in [-0.4, -0.2) is 16.3 Å². The highest BCUT2D eigenvalue weighted by Gasteiger charge is 2.29. The Kier molecular flexibility index (Phi) is 1.46. The average Bonchev–Trinajstić information content (AvgIpc) is 2.55. The molecule has 0 aliphatic carbocycles. The molecule has 0 atom stereocenters. The van der Waals surface area contributed by atoms with E-state index in [0.717, 1.165) is 16.0 Å². The van der Waals surface area contributed by atoms with Crippen molar-refractivity contribution >= 4 is 21.7 Å². The van der Waals surface area contributed by atoms with E-state index in [-0.39, 0.29) is 12.6 Å². The van der Waals surface area contributed by atoms with Gasteiger partial charge in [-0.1, -0.05) is 0 Å². The second-order valence-corrected chi connectivity index (χ2v) is 3.85. The van der Waals surface area contributed by atoms with E-state index >= 15 is 0 Å². The van der Waals surface area contributed by atoms with Gasteiger partial charge in [-0.2, -0.15) is 0 Å². The summed E-state index contributed by atoms with van der Waals surface area (Å²) in [5.74, 6) is 0. The quantitative estimate of drug-likeness (QED) is 0.759. The first kappa shape index (κ1) is 7.49. The van der Waals surface area contributed by atoms with E-state index in [1.807, 2.05) is 18.5 Å². The molecule has 2 aromatic heterocycles. The van der Waals surface area contributed by atoms with Crippen LogP contribution in [0.4, 0.5) is 0 Å². The minimum atomic E-state index is -0.226. The van der Waals surface area contributed by atoms with Crippen molar-refractivity contribution in [2.45, 2.75) is 19.5 Å². The molecular formula is C8H8N2O2S. The molecule has 3 heterocycles. The van der Waals surface area contributed by atoms with Crippen LogP contribution in [0.15, 0.2) is 11.6 Å². The standard InChI is InChI=1S/C8H8N2O2S/c1-4-11-8(12-4)5-2-6-7(10-5)9-3-13-6/h2-4,8,10H,1H3. The van der Waals surface area contributed by atoms with Gasteiger partial charge in [0.05, 0.1) is 15.9 Å². The number of fused-ring (bicyclic) bond motifs is 1. The van der Waals surface area contributed by atoms with Crippen LogP contribution in [0.2, 0.25) is 0 Å². The Morgan fingerprint density at radius 2 is 2.38 bits per heavy atom. The van der Waals surface area contributed by atoms with Crippen LogP contribution in [0.25, 0.3) is 10.3 Å². The molecule has 0 spiro atoms. The Balaban J connectivity index is 1.95. The van der Waals surface area contributed by atoms with Crippen LogP contribution in [0, 0.1) is 0 Å². The Morgan fingerprint density at radius 1 is 1.54 bits per heavy atom. The third-order valence-electron chi connectivity index (χ3n) is 2.03. The van der Waals surface area contributed by atoms with Gasteiger partial charge in [-0.25, -0.2) is 4.98 Å². The minimum Gasteiger partial charge on any atom is -0.338 e. The van der Waals surface area contributed by atoms with Crippen molar-refractivity contribution in [3.05, 3.63) is 17.3 Å². The Bertz CT molecular complexity index is 401. The summed E-state index contributed by atoms with van der Waals surface area (Å²) in [6.07, 6.45) is -0.310. The number of hydrogen-bond acceptors (Lipinski definition) is 4. The zero-order valence-electron chi connectivity index (χ0n) is 6.98. The molecule has 1 aliphatic heterocycles. The van der Waals surface area contributed by atoms with Crippen molar-refractivity contribution in [2.24, 2.45) is 0 Å². The SMILES string of the molecule is CC1OC(c2cc3scnc3[nH]2)O1. The molecule has 0 radical (unpaired) electrons. The third kappa shape index (κ3) is 1.08. The van der Waals surface area contributed by atoms with Crippen LogP contribution >= 0.6 is 11.3 Å². The number of nitrogens with one attached hydrogen (secondary N) is 1. The van der Waals surface area contributed by atoms with Gasteiger partial charge in [0.1, 0.15) is 5.65 Å². The van der Waals surface area contributed by atoms with Gasteiger partial charge < -0.3 is 14.5 Å². The molecule has 13 heavy (non-hydrogen) atoms. The maximum absolute atomic E-state index is 5.35. The van der Waals surface area contributed by atoms with Gasteiger partial charge in [0, 0.05) is 0 Å². The van der Waals surface area contributed by atoms with Gasteiger partial charge in [0.15, 0.2) is 6.29 Å². The van der Waals surface area contributed by atoms with Crippen LogP contribution < -0.4 is 0 Å². The van der Waals surface area contributed by atoms with Gasteiger partial charge in [-0.3, -0.25) is 0 Å². The van der Waals surface area contributed by atoms with Crippen molar-refractivity contribution in [3.63, 3.8) is 0 Å². The van der Waals surface area contributed by atoms with E-state index in [4.69, 9.17) is 9.47 Å². The lowest BCUT2D eigenvalue weighted by atomic mass is 10.4. The number of ether oxygens (including phenoxy) is 2. The van der Waals surface area contributed by atoms with Gasteiger partial charge in [-0.05, 0) is 13.0 Å². The molecule has 1 aliphatic rings. The largest absolute Gasteiger partial charge is 0.338 e. The summed E-state index contributed by atoms with van der Waals surface area (Å²) in [5, 5.41) is 0. The molecule has 68 valence electrons. The number of H-pyrrole nitrogens is 1. The van der Waals surface area contributed by atoms with E-state index in [2.05, 4.69) is 9.97 Å². The summed E-state index contributed by atoms with van der Waals surface area (Å²) in [6.45, 7) is 1.88. The van der Waals surface area contributed by atoms with Crippen molar-refractivity contribution < 1.29 is 9.47 Å².